The molecule has 0 aliphatic heterocycles. The summed E-state index contributed by atoms with van der Waals surface area (Å²) < 4.78 is 5.07. The van der Waals surface area contributed by atoms with Crippen LogP contribution in [0.5, 0.6) is 0 Å². The average molecular weight is 460 g/mol. The standard InChI is InChI=1S/C25H21N3O4S/c29-23(19-9-5-17(6-10-19)16-27-25(31)22-4-2-14-33-22)26-15-18-7-11-20(12-8-18)28-24(30)21-3-1-13-32-21/h1-14H,15-16H2,(H,26,29)(H,27,31)(H,28,30). The molecule has 0 radical (unpaired) electrons. The van der Waals surface area contributed by atoms with Crippen molar-refractivity contribution in [2.24, 2.45) is 0 Å². The van der Waals surface area contributed by atoms with E-state index in [4.69, 9.17) is 4.42 Å². The molecule has 0 atom stereocenters. The smallest absolute Gasteiger partial charge is 0.291 e. The predicted molar refractivity (Wildman–Crippen MR) is 126 cm³/mol. The summed E-state index contributed by atoms with van der Waals surface area (Å²) in [5, 5.41) is 10.3. The van der Waals surface area contributed by atoms with Crippen molar-refractivity contribution in [2.75, 3.05) is 5.32 Å². The molecule has 3 N–H and O–H groups in total. The SMILES string of the molecule is O=C(NCc1ccc(NC(=O)c2ccco2)cc1)c1ccc(CNC(=O)c2cccs2)cc1. The van der Waals surface area contributed by atoms with E-state index in [-0.39, 0.29) is 23.5 Å². The molecule has 0 saturated carbocycles. The van der Waals surface area contributed by atoms with Crippen LogP contribution in [0.3, 0.4) is 0 Å². The van der Waals surface area contributed by atoms with E-state index in [9.17, 15) is 14.4 Å². The van der Waals surface area contributed by atoms with Gasteiger partial charge in [0.1, 0.15) is 0 Å². The fourth-order valence-corrected chi connectivity index (χ4v) is 3.68. The molecular formula is C25H21N3O4S. The summed E-state index contributed by atoms with van der Waals surface area (Å²) in [7, 11) is 0. The van der Waals surface area contributed by atoms with Crippen molar-refractivity contribution in [3.8, 4) is 0 Å². The van der Waals surface area contributed by atoms with Gasteiger partial charge in [0.25, 0.3) is 17.7 Å². The first kappa shape index (κ1) is 22.0. The number of benzene rings is 2. The van der Waals surface area contributed by atoms with E-state index in [1.807, 2.05) is 35.7 Å². The Morgan fingerprint density at radius 3 is 2.00 bits per heavy atom. The van der Waals surface area contributed by atoms with Gasteiger partial charge in [-0.3, -0.25) is 14.4 Å². The van der Waals surface area contributed by atoms with E-state index >= 15 is 0 Å². The van der Waals surface area contributed by atoms with Crippen LogP contribution < -0.4 is 16.0 Å². The van der Waals surface area contributed by atoms with Crippen molar-refractivity contribution >= 4 is 34.7 Å². The largest absolute Gasteiger partial charge is 0.459 e. The molecule has 2 heterocycles. The Hall–Kier alpha value is -4.17. The lowest BCUT2D eigenvalue weighted by Crippen LogP contribution is -2.23. The monoisotopic (exact) mass is 459 g/mol. The number of carbonyl (C=O) groups is 3. The van der Waals surface area contributed by atoms with Crippen LogP contribution in [-0.4, -0.2) is 17.7 Å². The van der Waals surface area contributed by atoms with Crippen molar-refractivity contribution in [2.45, 2.75) is 13.1 Å². The minimum Gasteiger partial charge on any atom is -0.459 e. The first-order valence-corrected chi connectivity index (χ1v) is 11.1. The Labute approximate surface area is 194 Å². The minimum absolute atomic E-state index is 0.113. The normalized spacial score (nSPS) is 10.4. The quantitative estimate of drug-likeness (QED) is 0.362. The highest BCUT2D eigenvalue weighted by Gasteiger charge is 2.10. The van der Waals surface area contributed by atoms with Crippen molar-refractivity contribution < 1.29 is 18.8 Å². The highest BCUT2D eigenvalue weighted by atomic mass is 32.1. The lowest BCUT2D eigenvalue weighted by atomic mass is 10.1. The molecule has 8 heteroatoms. The average Bonchev–Trinajstić information content (AvgIpc) is 3.57. The molecule has 0 aliphatic carbocycles. The molecule has 3 amide bonds. The first-order chi connectivity index (χ1) is 16.1. The summed E-state index contributed by atoms with van der Waals surface area (Å²) in [6.45, 7) is 0.741. The third-order valence-corrected chi connectivity index (χ3v) is 5.69. The number of rotatable bonds is 8. The van der Waals surface area contributed by atoms with E-state index in [2.05, 4.69) is 16.0 Å². The summed E-state index contributed by atoms with van der Waals surface area (Å²) in [6.07, 6.45) is 1.44. The summed E-state index contributed by atoms with van der Waals surface area (Å²) in [5.74, 6) is -0.393. The van der Waals surface area contributed by atoms with Gasteiger partial charge in [-0.2, -0.15) is 0 Å². The van der Waals surface area contributed by atoms with Crippen LogP contribution in [0.2, 0.25) is 0 Å². The first-order valence-electron chi connectivity index (χ1n) is 10.2. The Morgan fingerprint density at radius 1 is 0.727 bits per heavy atom. The molecule has 4 aromatic rings. The predicted octanol–water partition coefficient (Wildman–Crippen LogP) is 4.45. The van der Waals surface area contributed by atoms with E-state index in [1.54, 1.807) is 42.5 Å². The highest BCUT2D eigenvalue weighted by molar-refractivity contribution is 7.12. The van der Waals surface area contributed by atoms with Gasteiger partial charge in [0.05, 0.1) is 11.1 Å². The zero-order valence-corrected chi connectivity index (χ0v) is 18.4. The molecule has 0 unspecified atom stereocenters. The zero-order valence-electron chi connectivity index (χ0n) is 17.5. The second-order valence-corrected chi connectivity index (χ2v) is 8.12. The van der Waals surface area contributed by atoms with Gasteiger partial charge >= 0.3 is 0 Å². The van der Waals surface area contributed by atoms with E-state index in [1.165, 1.54) is 17.6 Å². The molecule has 2 aromatic heterocycles. The fourth-order valence-electron chi connectivity index (χ4n) is 3.04. The van der Waals surface area contributed by atoms with Gasteiger partial charge in [-0.1, -0.05) is 30.3 Å². The summed E-state index contributed by atoms with van der Waals surface area (Å²) in [4.78, 5) is 37.1. The van der Waals surface area contributed by atoms with Crippen LogP contribution in [0.15, 0.2) is 88.9 Å². The minimum atomic E-state index is -0.324. The van der Waals surface area contributed by atoms with E-state index < -0.39 is 0 Å². The Morgan fingerprint density at radius 2 is 1.39 bits per heavy atom. The number of anilines is 1. The fraction of sp³-hybridized carbons (Fsp3) is 0.0800. The van der Waals surface area contributed by atoms with Crippen molar-refractivity contribution in [1.29, 1.82) is 0 Å². The zero-order chi connectivity index (χ0) is 23.0. The molecule has 4 rings (SSSR count). The van der Waals surface area contributed by atoms with Crippen molar-refractivity contribution in [1.82, 2.24) is 10.6 Å². The number of carbonyl (C=O) groups excluding carboxylic acids is 3. The molecule has 0 saturated heterocycles. The molecule has 0 fully saturated rings. The molecule has 0 bridgehead atoms. The van der Waals surface area contributed by atoms with Crippen molar-refractivity contribution in [3.63, 3.8) is 0 Å². The number of amides is 3. The molecule has 7 nitrogen and oxygen atoms in total. The van der Waals surface area contributed by atoms with Crippen LogP contribution in [0.25, 0.3) is 0 Å². The number of hydrogen-bond donors (Lipinski definition) is 3. The Balaban J connectivity index is 1.24. The second kappa shape index (κ2) is 10.4. The van der Waals surface area contributed by atoms with Crippen LogP contribution in [0.1, 0.15) is 41.7 Å². The summed E-state index contributed by atoms with van der Waals surface area (Å²) >= 11 is 1.39. The number of nitrogens with one attached hydrogen (secondary N) is 3. The van der Waals surface area contributed by atoms with Gasteiger partial charge in [0, 0.05) is 24.3 Å². The Kier molecular flexibility index (Phi) is 6.96. The Bertz CT molecular complexity index is 1220. The van der Waals surface area contributed by atoms with Gasteiger partial charge in [-0.15, -0.1) is 11.3 Å². The van der Waals surface area contributed by atoms with E-state index in [0.717, 1.165) is 11.1 Å². The lowest BCUT2D eigenvalue weighted by Gasteiger charge is -2.08. The number of hydrogen-bond acceptors (Lipinski definition) is 5. The van der Waals surface area contributed by atoms with Crippen LogP contribution in [-0.2, 0) is 13.1 Å². The molecule has 0 spiro atoms. The summed E-state index contributed by atoms with van der Waals surface area (Å²) in [6, 6.07) is 21.1. The number of furan rings is 1. The van der Waals surface area contributed by atoms with Crippen LogP contribution >= 0.6 is 11.3 Å². The van der Waals surface area contributed by atoms with Gasteiger partial charge < -0.3 is 20.4 Å². The second-order valence-electron chi connectivity index (χ2n) is 7.17. The van der Waals surface area contributed by atoms with E-state index in [0.29, 0.717) is 29.2 Å². The lowest BCUT2D eigenvalue weighted by molar-refractivity contribution is 0.0943. The molecule has 0 aliphatic rings. The highest BCUT2D eigenvalue weighted by Crippen LogP contribution is 2.13. The molecular weight excluding hydrogens is 438 g/mol. The molecule has 33 heavy (non-hydrogen) atoms. The van der Waals surface area contributed by atoms with Crippen LogP contribution in [0, 0.1) is 0 Å². The third-order valence-electron chi connectivity index (χ3n) is 4.82. The maximum absolute atomic E-state index is 12.4. The van der Waals surface area contributed by atoms with Crippen LogP contribution in [0.4, 0.5) is 5.69 Å². The van der Waals surface area contributed by atoms with Gasteiger partial charge in [0.15, 0.2) is 5.76 Å². The maximum atomic E-state index is 12.4. The third kappa shape index (κ3) is 5.96. The maximum Gasteiger partial charge on any atom is 0.291 e. The molecule has 166 valence electrons. The van der Waals surface area contributed by atoms with Gasteiger partial charge in [0.2, 0.25) is 0 Å². The molecule has 2 aromatic carbocycles. The summed E-state index contributed by atoms with van der Waals surface area (Å²) in [5.41, 5.74) is 2.97. The van der Waals surface area contributed by atoms with Gasteiger partial charge in [-0.05, 0) is 59.0 Å². The number of thiophene rings is 1. The topological polar surface area (TPSA) is 100 Å². The van der Waals surface area contributed by atoms with Gasteiger partial charge in [-0.25, -0.2) is 0 Å². The van der Waals surface area contributed by atoms with Crippen molar-refractivity contribution in [3.05, 3.63) is 112 Å².